The summed E-state index contributed by atoms with van der Waals surface area (Å²) in [6, 6.07) is 26.8. The van der Waals surface area contributed by atoms with Crippen LogP contribution in [0.15, 0.2) is 78.9 Å². The maximum absolute atomic E-state index is 6.46. The molecule has 4 heteroatoms. The highest BCUT2D eigenvalue weighted by atomic mass is 35.5. The maximum atomic E-state index is 6.46. The van der Waals surface area contributed by atoms with Crippen LogP contribution in [-0.2, 0) is 13.7 Å². The van der Waals surface area contributed by atoms with Crippen molar-refractivity contribution in [2.24, 2.45) is 7.05 Å². The van der Waals surface area contributed by atoms with E-state index in [-0.39, 0.29) is 0 Å². The van der Waals surface area contributed by atoms with E-state index in [0.29, 0.717) is 17.4 Å². The Morgan fingerprint density at radius 3 is 2.45 bits per heavy atom. The fourth-order valence-corrected chi connectivity index (χ4v) is 3.75. The maximum Gasteiger partial charge on any atom is 0.212 e. The highest BCUT2D eigenvalue weighted by Crippen LogP contribution is 2.27. The largest absolute Gasteiger partial charge is 0.487 e. The van der Waals surface area contributed by atoms with Crippen molar-refractivity contribution in [2.45, 2.75) is 6.61 Å². The zero-order valence-electron chi connectivity index (χ0n) is 18.0. The van der Waals surface area contributed by atoms with Gasteiger partial charge in [-0.05, 0) is 47.5 Å². The van der Waals surface area contributed by atoms with Gasteiger partial charge in [0.2, 0.25) is 11.2 Å². The van der Waals surface area contributed by atoms with Crippen LogP contribution in [0.1, 0.15) is 16.8 Å². The second kappa shape index (κ2) is 9.23. The second-order valence-electron chi connectivity index (χ2n) is 7.75. The molecule has 0 spiro atoms. The molecule has 0 atom stereocenters. The van der Waals surface area contributed by atoms with Gasteiger partial charge in [0.05, 0.1) is 5.02 Å². The average molecular weight is 430 g/mol. The lowest BCUT2D eigenvalue weighted by Crippen LogP contribution is -2.32. The van der Waals surface area contributed by atoms with Crippen molar-refractivity contribution in [3.63, 3.8) is 0 Å². The van der Waals surface area contributed by atoms with Gasteiger partial charge in [0.15, 0.2) is 0 Å². The van der Waals surface area contributed by atoms with Crippen molar-refractivity contribution >= 4 is 40.3 Å². The van der Waals surface area contributed by atoms with Crippen LogP contribution in [0.5, 0.6) is 5.75 Å². The molecule has 1 aromatic heterocycles. The van der Waals surface area contributed by atoms with E-state index in [0.717, 1.165) is 16.8 Å². The Bertz CT molecular complexity index is 1230. The van der Waals surface area contributed by atoms with Crippen LogP contribution in [0.2, 0.25) is 5.02 Å². The molecular weight excluding hydrogens is 404 g/mol. The highest BCUT2D eigenvalue weighted by molar-refractivity contribution is 6.32. The van der Waals surface area contributed by atoms with E-state index in [9.17, 15) is 0 Å². The minimum absolute atomic E-state index is 0.498. The summed E-state index contributed by atoms with van der Waals surface area (Å²) >= 11 is 6.46. The lowest BCUT2D eigenvalue weighted by atomic mass is 10.1. The number of hydrogen-bond donors (Lipinski definition) is 0. The monoisotopic (exact) mass is 429 g/mol. The first-order chi connectivity index (χ1) is 15.0. The first kappa shape index (κ1) is 21.0. The standard InChI is InChI=1S/C27H26ClN2O/c1-29(2)24-14-15-26-22(18-24)11-13-23(30(26)3)12-9-20-10-16-27(25(28)17-20)31-19-21-7-5-4-6-8-21/h4-18H,19H2,1-3H3/q+1. The number of pyridine rings is 1. The third-order valence-corrected chi connectivity index (χ3v) is 5.64. The number of aryl methyl sites for hydroxylation is 1. The predicted molar refractivity (Wildman–Crippen MR) is 131 cm³/mol. The molecule has 3 nitrogen and oxygen atoms in total. The quantitative estimate of drug-likeness (QED) is 0.342. The van der Waals surface area contributed by atoms with Crippen molar-refractivity contribution < 1.29 is 9.30 Å². The Morgan fingerprint density at radius 2 is 1.71 bits per heavy atom. The lowest BCUT2D eigenvalue weighted by molar-refractivity contribution is -0.646. The molecule has 0 N–H and O–H groups in total. The topological polar surface area (TPSA) is 16.4 Å². The number of nitrogens with zero attached hydrogens (tertiary/aromatic N) is 2. The van der Waals surface area contributed by atoms with E-state index in [4.69, 9.17) is 16.3 Å². The fourth-order valence-electron chi connectivity index (χ4n) is 3.51. The Balaban J connectivity index is 1.51. The van der Waals surface area contributed by atoms with Crippen LogP contribution in [-0.4, -0.2) is 14.1 Å². The van der Waals surface area contributed by atoms with E-state index in [1.807, 2.05) is 48.5 Å². The Labute approximate surface area is 188 Å². The molecule has 3 aromatic carbocycles. The molecule has 1 heterocycles. The van der Waals surface area contributed by atoms with E-state index < -0.39 is 0 Å². The molecule has 0 unspecified atom stereocenters. The molecular formula is C27H26ClN2O+. The molecule has 0 aliphatic carbocycles. The van der Waals surface area contributed by atoms with E-state index in [1.54, 1.807) is 0 Å². The van der Waals surface area contributed by atoms with Gasteiger partial charge in [0.1, 0.15) is 19.4 Å². The number of aromatic nitrogens is 1. The molecule has 0 saturated carbocycles. The van der Waals surface area contributed by atoms with Gasteiger partial charge < -0.3 is 9.64 Å². The van der Waals surface area contributed by atoms with Crippen LogP contribution in [0.3, 0.4) is 0 Å². The van der Waals surface area contributed by atoms with Crippen molar-refractivity contribution in [3.8, 4) is 5.75 Å². The van der Waals surface area contributed by atoms with Crippen LogP contribution in [0, 0.1) is 0 Å². The summed E-state index contributed by atoms with van der Waals surface area (Å²) in [5.74, 6) is 0.690. The van der Waals surface area contributed by atoms with Crippen molar-refractivity contribution in [1.29, 1.82) is 0 Å². The highest BCUT2D eigenvalue weighted by Gasteiger charge is 2.11. The summed E-state index contributed by atoms with van der Waals surface area (Å²) in [5, 5.41) is 1.82. The number of anilines is 1. The van der Waals surface area contributed by atoms with E-state index >= 15 is 0 Å². The molecule has 4 aromatic rings. The first-order valence-corrected chi connectivity index (χ1v) is 10.6. The summed E-state index contributed by atoms with van der Waals surface area (Å²) < 4.78 is 8.07. The Morgan fingerprint density at radius 1 is 0.903 bits per heavy atom. The molecule has 31 heavy (non-hydrogen) atoms. The first-order valence-electron chi connectivity index (χ1n) is 10.3. The van der Waals surface area contributed by atoms with Crippen molar-refractivity contribution in [2.75, 3.05) is 19.0 Å². The number of rotatable bonds is 6. The Kier molecular flexibility index (Phi) is 6.24. The molecule has 0 amide bonds. The zero-order valence-corrected chi connectivity index (χ0v) is 18.8. The van der Waals surface area contributed by atoms with E-state index in [1.165, 1.54) is 16.6 Å². The summed E-state index contributed by atoms with van der Waals surface area (Å²) in [5.41, 5.74) is 5.64. The molecule has 156 valence electrons. The lowest BCUT2D eigenvalue weighted by Gasteiger charge is -2.12. The van der Waals surface area contributed by atoms with Crippen molar-refractivity contribution in [1.82, 2.24) is 0 Å². The number of benzene rings is 3. The molecule has 0 aliphatic heterocycles. The minimum Gasteiger partial charge on any atom is -0.487 e. The van der Waals surface area contributed by atoms with Gasteiger partial charge >= 0.3 is 0 Å². The molecule has 0 saturated heterocycles. The third-order valence-electron chi connectivity index (χ3n) is 5.35. The van der Waals surface area contributed by atoms with Crippen LogP contribution < -0.4 is 14.2 Å². The summed E-state index contributed by atoms with van der Waals surface area (Å²) in [6.45, 7) is 0.498. The normalized spacial score (nSPS) is 11.2. The van der Waals surface area contributed by atoms with E-state index in [2.05, 4.69) is 73.1 Å². The van der Waals surface area contributed by atoms with Crippen molar-refractivity contribution in [3.05, 3.63) is 101 Å². The molecule has 0 fully saturated rings. The summed E-state index contributed by atoms with van der Waals surface area (Å²) in [4.78, 5) is 2.12. The van der Waals surface area contributed by atoms with Gasteiger partial charge in [-0.15, -0.1) is 0 Å². The molecule has 4 rings (SSSR count). The zero-order chi connectivity index (χ0) is 21.8. The van der Waals surface area contributed by atoms with Crippen LogP contribution >= 0.6 is 11.6 Å². The second-order valence-corrected chi connectivity index (χ2v) is 8.16. The third kappa shape index (κ3) is 4.89. The van der Waals surface area contributed by atoms with Crippen LogP contribution in [0.4, 0.5) is 5.69 Å². The number of hydrogen-bond acceptors (Lipinski definition) is 2. The summed E-state index contributed by atoms with van der Waals surface area (Å²) in [7, 11) is 6.20. The molecule has 0 radical (unpaired) electrons. The molecule has 0 bridgehead atoms. The number of fused-ring (bicyclic) bond motifs is 1. The smallest absolute Gasteiger partial charge is 0.212 e. The fraction of sp³-hybridized carbons (Fsp3) is 0.148. The Hall–Kier alpha value is -3.30. The van der Waals surface area contributed by atoms with Gasteiger partial charge in [0, 0.05) is 43.4 Å². The minimum atomic E-state index is 0.498. The van der Waals surface area contributed by atoms with Gasteiger partial charge in [-0.2, -0.15) is 4.57 Å². The average Bonchev–Trinajstić information content (AvgIpc) is 2.78. The molecule has 0 aliphatic rings. The van der Waals surface area contributed by atoms with Gasteiger partial charge in [-0.3, -0.25) is 0 Å². The summed E-state index contributed by atoms with van der Waals surface area (Å²) in [6.07, 6.45) is 4.18. The van der Waals surface area contributed by atoms with Gasteiger partial charge in [-0.25, -0.2) is 0 Å². The van der Waals surface area contributed by atoms with Gasteiger partial charge in [0.25, 0.3) is 0 Å². The number of halogens is 1. The SMILES string of the molecule is CN(C)c1ccc2c(ccc(C=Cc3ccc(OCc4ccccc4)c(Cl)c3)[n+]2C)c1. The van der Waals surface area contributed by atoms with Gasteiger partial charge in [-0.1, -0.05) is 48.0 Å². The number of ether oxygens (including phenoxy) is 1. The van der Waals surface area contributed by atoms with Crippen LogP contribution in [0.25, 0.3) is 23.1 Å². The predicted octanol–water partition coefficient (Wildman–Crippen LogP) is 6.13.